The number of thiocarbonyl (C=S) groups is 1. The Morgan fingerprint density at radius 3 is 2.73 bits per heavy atom. The molecular formula is C10H13N3OS. The number of carbonyl (C=O) groups is 1. The maximum Gasteiger partial charge on any atom is 0.221 e. The second kappa shape index (κ2) is 5.31. The van der Waals surface area contributed by atoms with Crippen LogP contribution in [0.3, 0.4) is 0 Å². The Balaban J connectivity index is 2.65. The van der Waals surface area contributed by atoms with Gasteiger partial charge < -0.3 is 16.4 Å². The maximum absolute atomic E-state index is 10.8. The molecule has 15 heavy (non-hydrogen) atoms. The van der Waals surface area contributed by atoms with Crippen molar-refractivity contribution in [3.63, 3.8) is 0 Å². The molecule has 0 spiro atoms. The van der Waals surface area contributed by atoms with Crippen LogP contribution in [0, 0.1) is 0 Å². The zero-order chi connectivity index (χ0) is 11.3. The molecule has 4 nitrogen and oxygen atoms in total. The average Bonchev–Trinajstić information content (AvgIpc) is 2.14. The van der Waals surface area contributed by atoms with Gasteiger partial charge in [0, 0.05) is 18.3 Å². The number of hydrogen-bond donors (Lipinski definition) is 3. The minimum absolute atomic E-state index is 0.0958. The number of nitrogens with one attached hydrogen (secondary N) is 2. The van der Waals surface area contributed by atoms with Gasteiger partial charge >= 0.3 is 0 Å². The molecule has 0 bridgehead atoms. The predicted molar refractivity (Wildman–Crippen MR) is 66.0 cm³/mol. The Kier molecular flexibility index (Phi) is 4.05. The van der Waals surface area contributed by atoms with Crippen molar-refractivity contribution >= 4 is 34.5 Å². The van der Waals surface area contributed by atoms with Crippen molar-refractivity contribution in [2.45, 2.75) is 6.92 Å². The van der Waals surface area contributed by atoms with E-state index in [1.807, 2.05) is 24.3 Å². The van der Waals surface area contributed by atoms with Crippen molar-refractivity contribution in [2.24, 2.45) is 5.73 Å². The van der Waals surface area contributed by atoms with E-state index >= 15 is 0 Å². The van der Waals surface area contributed by atoms with Gasteiger partial charge in [0.05, 0.1) is 11.5 Å². The lowest BCUT2D eigenvalue weighted by atomic mass is 10.2. The van der Waals surface area contributed by atoms with Gasteiger partial charge in [-0.2, -0.15) is 0 Å². The van der Waals surface area contributed by atoms with Crippen molar-refractivity contribution in [1.29, 1.82) is 0 Å². The van der Waals surface area contributed by atoms with Crippen LogP contribution in [-0.4, -0.2) is 17.4 Å². The number of nitrogens with two attached hydrogens (primary N) is 1. The number of hydrogen-bond acceptors (Lipinski definition) is 3. The molecule has 0 aliphatic carbocycles. The SMILES string of the molecule is CC(=O)Nc1cccc(NCC(N)=S)c1. The van der Waals surface area contributed by atoms with E-state index in [0.29, 0.717) is 11.5 Å². The van der Waals surface area contributed by atoms with Gasteiger partial charge in [-0.1, -0.05) is 18.3 Å². The van der Waals surface area contributed by atoms with Crippen LogP contribution in [-0.2, 0) is 4.79 Å². The third-order valence-corrected chi connectivity index (χ3v) is 1.79. The quantitative estimate of drug-likeness (QED) is 0.674. The molecule has 1 rings (SSSR count). The van der Waals surface area contributed by atoms with Gasteiger partial charge in [0.2, 0.25) is 5.91 Å². The lowest BCUT2D eigenvalue weighted by Gasteiger charge is -2.07. The minimum Gasteiger partial charge on any atom is -0.392 e. The largest absolute Gasteiger partial charge is 0.392 e. The fourth-order valence-corrected chi connectivity index (χ4v) is 1.17. The summed E-state index contributed by atoms with van der Waals surface area (Å²) in [7, 11) is 0. The number of benzene rings is 1. The molecular weight excluding hydrogens is 210 g/mol. The summed E-state index contributed by atoms with van der Waals surface area (Å²) in [4.78, 5) is 11.2. The predicted octanol–water partition coefficient (Wildman–Crippen LogP) is 1.34. The minimum atomic E-state index is -0.0958. The van der Waals surface area contributed by atoms with Gasteiger partial charge in [-0.05, 0) is 18.2 Å². The standard InChI is InChI=1S/C10H13N3OS/c1-7(14)13-9-4-2-3-8(5-9)12-6-10(11)15/h2-5,12H,6H2,1H3,(H2,11,15)(H,13,14). The fourth-order valence-electron chi connectivity index (χ4n) is 1.10. The first kappa shape index (κ1) is 11.5. The fraction of sp³-hybridized carbons (Fsp3) is 0.200. The molecule has 0 saturated carbocycles. The summed E-state index contributed by atoms with van der Waals surface area (Å²) < 4.78 is 0. The van der Waals surface area contributed by atoms with E-state index in [1.165, 1.54) is 6.92 Å². The van der Waals surface area contributed by atoms with Gasteiger partial charge in [0.1, 0.15) is 0 Å². The smallest absolute Gasteiger partial charge is 0.221 e. The molecule has 0 aliphatic heterocycles. The van der Waals surface area contributed by atoms with Crippen molar-refractivity contribution in [3.8, 4) is 0 Å². The Morgan fingerprint density at radius 2 is 2.13 bits per heavy atom. The van der Waals surface area contributed by atoms with Gasteiger partial charge in [-0.15, -0.1) is 0 Å². The molecule has 0 heterocycles. The van der Waals surface area contributed by atoms with E-state index in [0.717, 1.165) is 11.4 Å². The van der Waals surface area contributed by atoms with Crippen LogP contribution >= 0.6 is 12.2 Å². The van der Waals surface area contributed by atoms with Crippen LogP contribution in [0.25, 0.3) is 0 Å². The molecule has 5 heteroatoms. The monoisotopic (exact) mass is 223 g/mol. The van der Waals surface area contributed by atoms with Crippen molar-refractivity contribution < 1.29 is 4.79 Å². The number of carbonyl (C=O) groups excluding carboxylic acids is 1. The summed E-state index contributed by atoms with van der Waals surface area (Å²) in [6, 6.07) is 7.35. The first-order chi connectivity index (χ1) is 7.08. The summed E-state index contributed by atoms with van der Waals surface area (Å²) in [5.74, 6) is -0.0958. The molecule has 1 amide bonds. The van der Waals surface area contributed by atoms with Gasteiger partial charge in [0.15, 0.2) is 0 Å². The topological polar surface area (TPSA) is 67.2 Å². The van der Waals surface area contributed by atoms with Crippen LogP contribution in [0.5, 0.6) is 0 Å². The highest BCUT2D eigenvalue weighted by molar-refractivity contribution is 7.80. The number of amides is 1. The molecule has 0 saturated heterocycles. The molecule has 80 valence electrons. The highest BCUT2D eigenvalue weighted by Gasteiger charge is 1.97. The lowest BCUT2D eigenvalue weighted by molar-refractivity contribution is -0.114. The van der Waals surface area contributed by atoms with E-state index in [1.54, 1.807) is 0 Å². The normalized spacial score (nSPS) is 9.40. The zero-order valence-electron chi connectivity index (χ0n) is 8.41. The first-order valence-corrected chi connectivity index (χ1v) is 4.88. The van der Waals surface area contributed by atoms with Crippen molar-refractivity contribution in [3.05, 3.63) is 24.3 Å². The highest BCUT2D eigenvalue weighted by atomic mass is 32.1. The molecule has 1 aromatic rings. The van der Waals surface area contributed by atoms with Crippen LogP contribution in [0.15, 0.2) is 24.3 Å². The lowest BCUT2D eigenvalue weighted by Crippen LogP contribution is -2.19. The molecule has 0 fully saturated rings. The second-order valence-corrected chi connectivity index (χ2v) is 3.61. The average molecular weight is 223 g/mol. The van der Waals surface area contributed by atoms with E-state index in [2.05, 4.69) is 10.6 Å². The molecule has 0 aliphatic rings. The van der Waals surface area contributed by atoms with Crippen LogP contribution in [0.4, 0.5) is 11.4 Å². The van der Waals surface area contributed by atoms with Gasteiger partial charge in [-0.25, -0.2) is 0 Å². The molecule has 0 unspecified atom stereocenters. The summed E-state index contributed by atoms with van der Waals surface area (Å²) in [5.41, 5.74) is 6.97. The van der Waals surface area contributed by atoms with E-state index in [-0.39, 0.29) is 5.91 Å². The van der Waals surface area contributed by atoms with E-state index in [4.69, 9.17) is 18.0 Å². The summed E-state index contributed by atoms with van der Waals surface area (Å²) in [6.45, 7) is 1.91. The number of anilines is 2. The van der Waals surface area contributed by atoms with Crippen LogP contribution in [0.2, 0.25) is 0 Å². The van der Waals surface area contributed by atoms with E-state index < -0.39 is 0 Å². The van der Waals surface area contributed by atoms with Crippen molar-refractivity contribution in [2.75, 3.05) is 17.2 Å². The summed E-state index contributed by atoms with van der Waals surface area (Å²) in [5, 5.41) is 5.73. The summed E-state index contributed by atoms with van der Waals surface area (Å²) >= 11 is 4.74. The Morgan fingerprint density at radius 1 is 1.47 bits per heavy atom. The Bertz CT molecular complexity index is 379. The third kappa shape index (κ3) is 4.42. The molecule has 1 aromatic carbocycles. The Labute approximate surface area is 93.9 Å². The molecule has 0 aromatic heterocycles. The van der Waals surface area contributed by atoms with Crippen molar-refractivity contribution in [1.82, 2.24) is 0 Å². The van der Waals surface area contributed by atoms with Gasteiger partial charge in [-0.3, -0.25) is 4.79 Å². The van der Waals surface area contributed by atoms with E-state index in [9.17, 15) is 4.79 Å². The maximum atomic E-state index is 10.8. The highest BCUT2D eigenvalue weighted by Crippen LogP contribution is 2.14. The molecule has 0 atom stereocenters. The first-order valence-electron chi connectivity index (χ1n) is 4.48. The number of rotatable bonds is 4. The molecule has 4 N–H and O–H groups in total. The Hall–Kier alpha value is -1.62. The summed E-state index contributed by atoms with van der Waals surface area (Å²) in [6.07, 6.45) is 0. The van der Waals surface area contributed by atoms with Crippen LogP contribution < -0.4 is 16.4 Å². The van der Waals surface area contributed by atoms with Crippen LogP contribution in [0.1, 0.15) is 6.92 Å². The molecule has 0 radical (unpaired) electrons. The second-order valence-electron chi connectivity index (χ2n) is 3.08. The third-order valence-electron chi connectivity index (χ3n) is 1.65. The zero-order valence-corrected chi connectivity index (χ0v) is 9.23. The van der Waals surface area contributed by atoms with Gasteiger partial charge in [0.25, 0.3) is 0 Å².